The Hall–Kier alpha value is -2.16. The first-order chi connectivity index (χ1) is 9.19. The highest BCUT2D eigenvalue weighted by molar-refractivity contribution is 6.40. The van der Waals surface area contributed by atoms with Crippen molar-refractivity contribution in [1.82, 2.24) is 0 Å². The van der Waals surface area contributed by atoms with E-state index in [-0.39, 0.29) is 6.61 Å². The zero-order chi connectivity index (χ0) is 14.1. The minimum absolute atomic E-state index is 0.228. The molecule has 3 heteroatoms. The monoisotopic (exact) mass is 258 g/mol. The van der Waals surface area contributed by atoms with E-state index in [0.717, 1.165) is 12.0 Å². The molecule has 19 heavy (non-hydrogen) atoms. The molecule has 0 radical (unpaired) electrons. The summed E-state index contributed by atoms with van der Waals surface area (Å²) >= 11 is 0. The van der Waals surface area contributed by atoms with Crippen molar-refractivity contribution in [2.24, 2.45) is 0 Å². The van der Waals surface area contributed by atoms with Gasteiger partial charge in [0.1, 0.15) is 0 Å². The van der Waals surface area contributed by atoms with Crippen LogP contribution in [0.1, 0.15) is 35.7 Å². The van der Waals surface area contributed by atoms with Crippen LogP contribution < -0.4 is 0 Å². The third-order valence-electron chi connectivity index (χ3n) is 2.51. The number of Topliss-reactive ketones (excluding diaryl/α,β-unsaturated/α-hetero) is 1. The van der Waals surface area contributed by atoms with Gasteiger partial charge in [-0.1, -0.05) is 56.0 Å². The molecule has 100 valence electrons. The molecule has 0 amide bonds. The number of carbonyl (C=O) groups is 2. The third kappa shape index (κ3) is 4.92. The predicted molar refractivity (Wildman–Crippen MR) is 75.9 cm³/mol. The van der Waals surface area contributed by atoms with Gasteiger partial charge in [-0.05, 0) is 18.4 Å². The lowest BCUT2D eigenvalue weighted by molar-refractivity contribution is -0.137. The van der Waals surface area contributed by atoms with E-state index >= 15 is 0 Å². The molecule has 0 unspecified atom stereocenters. The van der Waals surface area contributed by atoms with Gasteiger partial charge in [-0.2, -0.15) is 0 Å². The lowest BCUT2D eigenvalue weighted by atomic mass is 10.1. The average molecular weight is 258 g/mol. The van der Waals surface area contributed by atoms with Gasteiger partial charge in [0, 0.05) is 5.56 Å². The molecule has 0 atom stereocenters. The molecule has 0 bridgehead atoms. The Morgan fingerprint density at radius 3 is 2.47 bits per heavy atom. The van der Waals surface area contributed by atoms with Gasteiger partial charge in [-0.15, -0.1) is 0 Å². The van der Waals surface area contributed by atoms with Crippen molar-refractivity contribution in [1.29, 1.82) is 0 Å². The number of ketones is 1. The van der Waals surface area contributed by atoms with Crippen molar-refractivity contribution in [2.75, 3.05) is 6.61 Å². The summed E-state index contributed by atoms with van der Waals surface area (Å²) < 4.78 is 4.90. The smallest absolute Gasteiger partial charge is 0.379 e. The molecule has 0 aromatic heterocycles. The standard InChI is InChI=1S/C16H18O3/c1-3-5-6-7-12-19-16(18)15(17)14-10-8-13(4-2)9-11-14/h4-6,8-11H,2-3,7,12H2,1H3. The summed E-state index contributed by atoms with van der Waals surface area (Å²) in [6.07, 6.45) is 7.16. The van der Waals surface area contributed by atoms with Gasteiger partial charge < -0.3 is 4.74 Å². The van der Waals surface area contributed by atoms with Gasteiger partial charge in [0.2, 0.25) is 0 Å². The van der Waals surface area contributed by atoms with E-state index in [9.17, 15) is 9.59 Å². The predicted octanol–water partition coefficient (Wildman–Crippen LogP) is 3.41. The van der Waals surface area contributed by atoms with E-state index < -0.39 is 11.8 Å². The average Bonchev–Trinajstić information content (AvgIpc) is 2.46. The van der Waals surface area contributed by atoms with Crippen LogP contribution in [-0.2, 0) is 9.53 Å². The number of benzene rings is 1. The molecule has 1 aromatic carbocycles. The van der Waals surface area contributed by atoms with Gasteiger partial charge >= 0.3 is 5.97 Å². The normalized spacial score (nSPS) is 10.4. The molecule has 0 saturated heterocycles. The minimum Gasteiger partial charge on any atom is -0.459 e. The first kappa shape index (κ1) is 14.9. The topological polar surface area (TPSA) is 43.4 Å². The molecule has 0 fully saturated rings. The Bertz CT molecular complexity index is 469. The molecule has 0 N–H and O–H groups in total. The van der Waals surface area contributed by atoms with E-state index in [4.69, 9.17) is 4.74 Å². The van der Waals surface area contributed by atoms with E-state index in [1.807, 2.05) is 19.1 Å². The molecular weight excluding hydrogens is 240 g/mol. The second kappa shape index (κ2) is 8.03. The van der Waals surface area contributed by atoms with Gasteiger partial charge in [0.15, 0.2) is 0 Å². The number of ether oxygens (including phenoxy) is 1. The van der Waals surface area contributed by atoms with Crippen LogP contribution in [0.2, 0.25) is 0 Å². The van der Waals surface area contributed by atoms with Crippen LogP contribution in [0.5, 0.6) is 0 Å². The fourth-order valence-corrected chi connectivity index (χ4v) is 1.46. The molecule has 0 spiro atoms. The summed E-state index contributed by atoms with van der Waals surface area (Å²) in [6.45, 7) is 5.88. The Morgan fingerprint density at radius 1 is 1.21 bits per heavy atom. The second-order valence-corrected chi connectivity index (χ2v) is 3.96. The maximum absolute atomic E-state index is 11.7. The Morgan fingerprint density at radius 2 is 1.89 bits per heavy atom. The number of hydrogen-bond acceptors (Lipinski definition) is 3. The van der Waals surface area contributed by atoms with E-state index in [0.29, 0.717) is 12.0 Å². The second-order valence-electron chi connectivity index (χ2n) is 3.96. The van der Waals surface area contributed by atoms with E-state index in [1.165, 1.54) is 0 Å². The van der Waals surface area contributed by atoms with Gasteiger partial charge in [0.05, 0.1) is 6.61 Å². The van der Waals surface area contributed by atoms with Crippen molar-refractivity contribution in [3.8, 4) is 0 Å². The van der Waals surface area contributed by atoms with Crippen molar-refractivity contribution in [3.63, 3.8) is 0 Å². The molecule has 0 aliphatic rings. The number of rotatable bonds is 7. The van der Waals surface area contributed by atoms with E-state index in [1.54, 1.807) is 30.3 Å². The Labute approximate surface area is 113 Å². The summed E-state index contributed by atoms with van der Waals surface area (Å²) in [5.74, 6) is -1.42. The minimum atomic E-state index is -0.809. The molecular formula is C16H18O3. The van der Waals surface area contributed by atoms with Crippen LogP contribution in [0.25, 0.3) is 6.08 Å². The van der Waals surface area contributed by atoms with Crippen LogP contribution in [0.3, 0.4) is 0 Å². The lowest BCUT2D eigenvalue weighted by Crippen LogP contribution is -2.18. The first-order valence-corrected chi connectivity index (χ1v) is 6.28. The molecule has 3 nitrogen and oxygen atoms in total. The Kier molecular flexibility index (Phi) is 6.30. The number of carbonyl (C=O) groups excluding carboxylic acids is 2. The van der Waals surface area contributed by atoms with Crippen molar-refractivity contribution in [3.05, 3.63) is 54.1 Å². The van der Waals surface area contributed by atoms with E-state index in [2.05, 4.69) is 6.58 Å². The van der Waals surface area contributed by atoms with Crippen LogP contribution in [-0.4, -0.2) is 18.4 Å². The van der Waals surface area contributed by atoms with Crippen LogP contribution >= 0.6 is 0 Å². The molecule has 0 aliphatic carbocycles. The summed E-state index contributed by atoms with van der Waals surface area (Å²) in [7, 11) is 0. The summed E-state index contributed by atoms with van der Waals surface area (Å²) in [4.78, 5) is 23.3. The molecule has 0 aliphatic heterocycles. The van der Waals surface area contributed by atoms with Crippen molar-refractivity contribution >= 4 is 17.8 Å². The quantitative estimate of drug-likeness (QED) is 0.247. The van der Waals surface area contributed by atoms with Crippen LogP contribution in [0, 0.1) is 0 Å². The van der Waals surface area contributed by atoms with Gasteiger partial charge in [0.25, 0.3) is 5.78 Å². The van der Waals surface area contributed by atoms with Crippen molar-refractivity contribution in [2.45, 2.75) is 19.8 Å². The molecule has 0 heterocycles. The maximum Gasteiger partial charge on any atom is 0.379 e. The zero-order valence-electron chi connectivity index (χ0n) is 11.1. The fraction of sp³-hybridized carbons (Fsp3) is 0.250. The largest absolute Gasteiger partial charge is 0.459 e. The maximum atomic E-state index is 11.7. The Balaban J connectivity index is 2.49. The molecule has 1 aromatic rings. The summed E-state index contributed by atoms with van der Waals surface area (Å²) in [5.41, 5.74) is 1.23. The highest BCUT2D eigenvalue weighted by atomic mass is 16.5. The van der Waals surface area contributed by atoms with Gasteiger partial charge in [-0.25, -0.2) is 4.79 Å². The summed E-state index contributed by atoms with van der Waals surface area (Å²) in [5, 5.41) is 0. The first-order valence-electron chi connectivity index (χ1n) is 6.28. The SMILES string of the molecule is C=Cc1ccc(C(=O)C(=O)OCCC=CCC)cc1. The highest BCUT2D eigenvalue weighted by Crippen LogP contribution is 2.07. The van der Waals surface area contributed by atoms with Crippen LogP contribution in [0.15, 0.2) is 43.0 Å². The number of allylic oxidation sites excluding steroid dienone is 1. The number of esters is 1. The number of hydrogen-bond donors (Lipinski definition) is 0. The lowest BCUT2D eigenvalue weighted by Gasteiger charge is -2.02. The highest BCUT2D eigenvalue weighted by Gasteiger charge is 2.17. The van der Waals surface area contributed by atoms with Crippen LogP contribution in [0.4, 0.5) is 0 Å². The molecule has 0 saturated carbocycles. The zero-order valence-corrected chi connectivity index (χ0v) is 11.1. The molecule has 1 rings (SSSR count). The van der Waals surface area contributed by atoms with Crippen molar-refractivity contribution < 1.29 is 14.3 Å². The fourth-order valence-electron chi connectivity index (χ4n) is 1.46. The van der Waals surface area contributed by atoms with Gasteiger partial charge in [-0.3, -0.25) is 4.79 Å². The third-order valence-corrected chi connectivity index (χ3v) is 2.51. The summed E-state index contributed by atoms with van der Waals surface area (Å²) in [6, 6.07) is 6.66.